The van der Waals surface area contributed by atoms with Gasteiger partial charge in [0.25, 0.3) is 0 Å². The van der Waals surface area contributed by atoms with Gasteiger partial charge in [-0.1, -0.05) is 51.2 Å². The van der Waals surface area contributed by atoms with E-state index in [9.17, 15) is 13.6 Å². The van der Waals surface area contributed by atoms with Crippen LogP contribution in [-0.2, 0) is 10.2 Å². The molecule has 2 nitrogen and oxygen atoms in total. The molecule has 0 spiro atoms. The third-order valence-corrected chi connectivity index (χ3v) is 7.34. The van der Waals surface area contributed by atoms with Crippen molar-refractivity contribution in [3.8, 4) is 5.75 Å². The largest absolute Gasteiger partial charge is 0.420 e. The van der Waals surface area contributed by atoms with Crippen molar-refractivity contribution in [2.75, 3.05) is 0 Å². The number of allylic oxidation sites excluding steroid dienone is 1. The van der Waals surface area contributed by atoms with Crippen molar-refractivity contribution in [3.05, 3.63) is 41.5 Å². The number of halogens is 2. The highest BCUT2D eigenvalue weighted by Gasteiger charge is 2.50. The Morgan fingerprint density at radius 3 is 2.28 bits per heavy atom. The summed E-state index contributed by atoms with van der Waals surface area (Å²) >= 11 is 0. The number of fused-ring (bicyclic) bond motifs is 3. The Kier molecular flexibility index (Phi) is 7.13. The lowest BCUT2D eigenvalue weighted by Gasteiger charge is -2.54. The van der Waals surface area contributed by atoms with Gasteiger partial charge >= 0.3 is 5.97 Å². The smallest absolute Gasteiger partial charge is 0.335 e. The molecule has 0 saturated heterocycles. The second kappa shape index (κ2) is 9.40. The quantitative estimate of drug-likeness (QED) is 0.185. The Hall–Kier alpha value is -1.71. The van der Waals surface area contributed by atoms with Gasteiger partial charge in [0.15, 0.2) is 11.6 Å². The van der Waals surface area contributed by atoms with Crippen molar-refractivity contribution < 1.29 is 18.3 Å². The highest BCUT2D eigenvalue weighted by molar-refractivity contribution is 5.83. The molecule has 0 aromatic heterocycles. The van der Waals surface area contributed by atoms with Crippen LogP contribution < -0.4 is 4.74 Å². The number of unbranched alkanes of at least 4 members (excludes halogenated alkanes) is 4. The van der Waals surface area contributed by atoms with Gasteiger partial charge < -0.3 is 4.74 Å². The van der Waals surface area contributed by atoms with Crippen LogP contribution in [0, 0.1) is 17.0 Å². The lowest BCUT2D eigenvalue weighted by atomic mass is 9.51. The molecule has 4 heteroatoms. The van der Waals surface area contributed by atoms with Crippen LogP contribution in [0.1, 0.15) is 96.5 Å². The lowest BCUT2D eigenvalue weighted by molar-refractivity contribution is -0.129. The number of rotatable bonds is 9. The second-order valence-corrected chi connectivity index (χ2v) is 9.10. The van der Waals surface area contributed by atoms with Crippen molar-refractivity contribution in [3.63, 3.8) is 0 Å². The third kappa shape index (κ3) is 4.73. The maximum atomic E-state index is 15.0. The summed E-state index contributed by atoms with van der Waals surface area (Å²) in [7, 11) is 0. The van der Waals surface area contributed by atoms with E-state index in [2.05, 4.69) is 6.92 Å². The van der Waals surface area contributed by atoms with E-state index in [0.717, 1.165) is 38.5 Å². The van der Waals surface area contributed by atoms with E-state index >= 15 is 0 Å². The molecule has 0 amide bonds. The first-order valence-corrected chi connectivity index (χ1v) is 11.3. The zero-order chi connectivity index (χ0) is 20.9. The summed E-state index contributed by atoms with van der Waals surface area (Å²) in [6, 6.07) is 3.05. The van der Waals surface area contributed by atoms with Crippen LogP contribution in [-0.4, -0.2) is 5.97 Å². The maximum Gasteiger partial charge on any atom is 0.335 e. The molecule has 0 heterocycles. The van der Waals surface area contributed by atoms with Gasteiger partial charge in [-0.2, -0.15) is 4.39 Å². The molecule has 1 aromatic carbocycles. The summed E-state index contributed by atoms with van der Waals surface area (Å²) in [6.07, 6.45) is 16.6. The van der Waals surface area contributed by atoms with Crippen LogP contribution in [0.2, 0.25) is 0 Å². The molecular weight excluding hydrogens is 370 g/mol. The minimum atomic E-state index is -1.05. The fourth-order valence-electron chi connectivity index (χ4n) is 5.44. The summed E-state index contributed by atoms with van der Waals surface area (Å²) < 4.78 is 34.5. The number of benzene rings is 1. The van der Waals surface area contributed by atoms with Crippen LogP contribution >= 0.6 is 0 Å². The molecule has 2 bridgehead atoms. The van der Waals surface area contributed by atoms with Gasteiger partial charge in [0, 0.05) is 6.08 Å². The maximum absolute atomic E-state index is 15.0. The van der Waals surface area contributed by atoms with Gasteiger partial charge in [-0.25, -0.2) is 9.18 Å². The minimum absolute atomic E-state index is 0.263. The molecule has 160 valence electrons. The molecular formula is C25H34F2O2. The standard InChI is InChI=1S/C25H34F2O2/c1-3-5-6-7-8-12-24-13-16-25(17-14-24,18-15-24)19-10-11-20(23(27)22(19)26)29-21(28)9-4-2/h4,9-11H,3,5-8,12-18H2,1-2H3/b9-4+. The van der Waals surface area contributed by atoms with E-state index in [1.54, 1.807) is 13.0 Å². The number of hydrogen-bond donors (Lipinski definition) is 0. The van der Waals surface area contributed by atoms with Gasteiger partial charge in [0.05, 0.1) is 0 Å². The molecule has 0 aliphatic heterocycles. The molecule has 29 heavy (non-hydrogen) atoms. The van der Waals surface area contributed by atoms with Gasteiger partial charge in [-0.15, -0.1) is 0 Å². The Morgan fingerprint density at radius 1 is 1.00 bits per heavy atom. The van der Waals surface area contributed by atoms with E-state index in [0.29, 0.717) is 11.0 Å². The monoisotopic (exact) mass is 404 g/mol. The van der Waals surface area contributed by atoms with Gasteiger partial charge in [-0.3, -0.25) is 0 Å². The molecule has 3 fully saturated rings. The topological polar surface area (TPSA) is 26.3 Å². The molecule has 1 aromatic rings. The summed E-state index contributed by atoms with van der Waals surface area (Å²) in [6.45, 7) is 3.90. The van der Waals surface area contributed by atoms with Gasteiger partial charge in [0.1, 0.15) is 0 Å². The van der Waals surface area contributed by atoms with Crippen molar-refractivity contribution in [2.24, 2.45) is 5.41 Å². The number of hydrogen-bond acceptors (Lipinski definition) is 2. The molecule has 0 atom stereocenters. The van der Waals surface area contributed by atoms with E-state index in [1.165, 1.54) is 56.7 Å². The summed E-state index contributed by atoms with van der Waals surface area (Å²) in [5.41, 5.74) is 0.628. The highest BCUT2D eigenvalue weighted by Crippen LogP contribution is 2.60. The van der Waals surface area contributed by atoms with Crippen molar-refractivity contribution in [2.45, 2.75) is 96.3 Å². The van der Waals surface area contributed by atoms with Crippen LogP contribution in [0.25, 0.3) is 0 Å². The SMILES string of the molecule is C/C=C/C(=O)Oc1ccc(C23CCC(CCCCCCC)(CC2)CC3)c(F)c1F. The van der Waals surface area contributed by atoms with E-state index in [-0.39, 0.29) is 11.2 Å². The van der Waals surface area contributed by atoms with Gasteiger partial charge in [-0.05, 0) is 74.3 Å². The summed E-state index contributed by atoms with van der Waals surface area (Å²) in [5, 5.41) is 0. The van der Waals surface area contributed by atoms with E-state index in [4.69, 9.17) is 4.74 Å². The number of esters is 1. The Morgan fingerprint density at radius 2 is 1.66 bits per heavy atom. The lowest BCUT2D eigenvalue weighted by Crippen LogP contribution is -2.44. The molecule has 0 N–H and O–H groups in total. The number of ether oxygens (including phenoxy) is 1. The van der Waals surface area contributed by atoms with Gasteiger partial charge in [0.2, 0.25) is 5.82 Å². The number of carbonyl (C=O) groups is 1. The highest BCUT2D eigenvalue weighted by atomic mass is 19.2. The molecule has 3 aliphatic rings. The molecule has 3 saturated carbocycles. The Labute approximate surface area is 173 Å². The number of carbonyl (C=O) groups excluding carboxylic acids is 1. The van der Waals surface area contributed by atoms with Crippen molar-refractivity contribution in [1.29, 1.82) is 0 Å². The first kappa shape index (κ1) is 22.0. The first-order valence-electron chi connectivity index (χ1n) is 11.3. The predicted molar refractivity (Wildman–Crippen MR) is 112 cm³/mol. The molecule has 0 unspecified atom stereocenters. The summed E-state index contributed by atoms with van der Waals surface area (Å²) in [5.74, 6) is -2.92. The average molecular weight is 405 g/mol. The van der Waals surface area contributed by atoms with Crippen LogP contribution in [0.4, 0.5) is 8.78 Å². The predicted octanol–water partition coefficient (Wildman–Crippen LogP) is 7.40. The Bertz CT molecular complexity index is 729. The zero-order valence-corrected chi connectivity index (χ0v) is 17.9. The van der Waals surface area contributed by atoms with Crippen molar-refractivity contribution in [1.82, 2.24) is 0 Å². The normalized spacial score (nSPS) is 26.2. The van der Waals surface area contributed by atoms with E-state index < -0.39 is 17.6 Å². The Balaban J connectivity index is 1.67. The van der Waals surface area contributed by atoms with Crippen LogP contribution in [0.15, 0.2) is 24.3 Å². The molecule has 0 radical (unpaired) electrons. The molecule has 4 rings (SSSR count). The molecule has 3 aliphatic carbocycles. The summed E-state index contributed by atoms with van der Waals surface area (Å²) in [4.78, 5) is 11.6. The van der Waals surface area contributed by atoms with E-state index in [1.807, 2.05) is 0 Å². The average Bonchev–Trinajstić information content (AvgIpc) is 2.73. The second-order valence-electron chi connectivity index (χ2n) is 9.10. The first-order chi connectivity index (χ1) is 14.0. The third-order valence-electron chi connectivity index (χ3n) is 7.34. The van der Waals surface area contributed by atoms with Crippen molar-refractivity contribution >= 4 is 5.97 Å². The fraction of sp³-hybridized carbons (Fsp3) is 0.640. The van der Waals surface area contributed by atoms with Crippen LogP contribution in [0.3, 0.4) is 0 Å². The fourth-order valence-corrected chi connectivity index (χ4v) is 5.44. The van der Waals surface area contributed by atoms with Crippen LogP contribution in [0.5, 0.6) is 5.75 Å². The zero-order valence-electron chi connectivity index (χ0n) is 17.9. The minimum Gasteiger partial charge on any atom is -0.420 e.